The van der Waals surface area contributed by atoms with Crippen molar-refractivity contribution in [2.24, 2.45) is 0 Å². The number of carbonyl (C=O) groups is 1. The molecule has 3 heterocycles. The van der Waals surface area contributed by atoms with Gasteiger partial charge in [-0.25, -0.2) is 0 Å². The van der Waals surface area contributed by atoms with Crippen LogP contribution in [-0.4, -0.2) is 42.4 Å². The fourth-order valence-electron chi connectivity index (χ4n) is 3.26. The van der Waals surface area contributed by atoms with Crippen LogP contribution in [0, 0.1) is 0 Å². The molecular formula is C14H19ClN2OS. The van der Waals surface area contributed by atoms with E-state index in [-0.39, 0.29) is 11.8 Å². The highest BCUT2D eigenvalue weighted by atomic mass is 35.5. The van der Waals surface area contributed by atoms with Crippen LogP contribution in [-0.2, 0) is 0 Å². The summed E-state index contributed by atoms with van der Waals surface area (Å²) >= 11 is 7.35. The summed E-state index contributed by atoms with van der Waals surface area (Å²) in [5, 5.41) is 3.39. The zero-order valence-corrected chi connectivity index (χ0v) is 12.5. The zero-order chi connectivity index (χ0) is 13.2. The molecule has 1 N–H and O–H groups in total. The van der Waals surface area contributed by atoms with Gasteiger partial charge in [0.1, 0.15) is 0 Å². The normalized spacial score (nSPS) is 25.8. The monoisotopic (exact) mass is 298 g/mol. The molecule has 2 aliphatic rings. The van der Waals surface area contributed by atoms with Crippen LogP contribution < -0.4 is 5.32 Å². The third-order valence-electron chi connectivity index (χ3n) is 4.19. The molecule has 0 radical (unpaired) electrons. The number of rotatable bonds is 3. The number of Topliss-reactive ketones (excluding diaryl/α,β-unsaturated/α-hetero) is 1. The predicted molar refractivity (Wildman–Crippen MR) is 79.3 cm³/mol. The number of carbonyl (C=O) groups excluding carboxylic acids is 1. The van der Waals surface area contributed by atoms with Gasteiger partial charge in [0.2, 0.25) is 0 Å². The molecule has 3 rings (SSSR count). The van der Waals surface area contributed by atoms with Crippen molar-refractivity contribution in [1.29, 1.82) is 0 Å². The SMILES string of the molecule is O=C(c1ccc(Cl)s1)C1CCCN1C1CCNCC1. The second kappa shape index (κ2) is 5.92. The number of hydrogen-bond acceptors (Lipinski definition) is 4. The third-order valence-corrected chi connectivity index (χ3v) is 5.44. The molecule has 0 amide bonds. The van der Waals surface area contributed by atoms with E-state index in [0.29, 0.717) is 10.4 Å². The van der Waals surface area contributed by atoms with Crippen molar-refractivity contribution >= 4 is 28.7 Å². The van der Waals surface area contributed by atoms with Crippen LogP contribution in [0.1, 0.15) is 35.4 Å². The number of halogens is 1. The average molecular weight is 299 g/mol. The Morgan fingerprint density at radius 1 is 1.32 bits per heavy atom. The van der Waals surface area contributed by atoms with Crippen molar-refractivity contribution in [3.05, 3.63) is 21.3 Å². The van der Waals surface area contributed by atoms with Gasteiger partial charge < -0.3 is 5.32 Å². The Balaban J connectivity index is 1.73. The van der Waals surface area contributed by atoms with E-state index in [2.05, 4.69) is 10.2 Å². The highest BCUT2D eigenvalue weighted by molar-refractivity contribution is 7.18. The summed E-state index contributed by atoms with van der Waals surface area (Å²) in [6.07, 6.45) is 4.46. The summed E-state index contributed by atoms with van der Waals surface area (Å²) in [6, 6.07) is 4.35. The Morgan fingerprint density at radius 2 is 2.11 bits per heavy atom. The van der Waals surface area contributed by atoms with Gasteiger partial charge >= 0.3 is 0 Å². The molecule has 2 fully saturated rings. The first-order valence-electron chi connectivity index (χ1n) is 7.02. The maximum Gasteiger partial charge on any atom is 0.189 e. The predicted octanol–water partition coefficient (Wildman–Crippen LogP) is 2.80. The molecule has 1 atom stereocenters. The third kappa shape index (κ3) is 2.87. The molecule has 2 aliphatic heterocycles. The lowest BCUT2D eigenvalue weighted by atomic mass is 10.0. The molecule has 5 heteroatoms. The van der Waals surface area contributed by atoms with Crippen LogP contribution in [0.2, 0.25) is 4.34 Å². The van der Waals surface area contributed by atoms with Crippen LogP contribution in [0.25, 0.3) is 0 Å². The van der Waals surface area contributed by atoms with Gasteiger partial charge in [-0.1, -0.05) is 11.6 Å². The van der Waals surface area contributed by atoms with Crippen molar-refractivity contribution in [3.63, 3.8) is 0 Å². The highest BCUT2D eigenvalue weighted by Gasteiger charge is 2.36. The van der Waals surface area contributed by atoms with E-state index in [1.165, 1.54) is 11.3 Å². The van der Waals surface area contributed by atoms with Gasteiger partial charge in [-0.05, 0) is 57.5 Å². The quantitative estimate of drug-likeness (QED) is 0.871. The van der Waals surface area contributed by atoms with Crippen LogP contribution in [0.5, 0.6) is 0 Å². The lowest BCUT2D eigenvalue weighted by molar-refractivity contribution is 0.0788. The average Bonchev–Trinajstić information content (AvgIpc) is 3.07. The van der Waals surface area contributed by atoms with Crippen molar-refractivity contribution in [2.75, 3.05) is 19.6 Å². The second-order valence-electron chi connectivity index (χ2n) is 5.35. The van der Waals surface area contributed by atoms with Gasteiger partial charge in [-0.15, -0.1) is 11.3 Å². The minimum absolute atomic E-state index is 0.0813. The largest absolute Gasteiger partial charge is 0.317 e. The Labute approximate surface area is 122 Å². The van der Waals surface area contributed by atoms with E-state index in [0.717, 1.165) is 50.2 Å². The molecule has 104 valence electrons. The maximum atomic E-state index is 12.6. The van der Waals surface area contributed by atoms with E-state index >= 15 is 0 Å². The van der Waals surface area contributed by atoms with E-state index in [4.69, 9.17) is 11.6 Å². The zero-order valence-electron chi connectivity index (χ0n) is 10.9. The fourth-order valence-corrected chi connectivity index (χ4v) is 4.29. The Kier molecular flexibility index (Phi) is 4.22. The molecule has 2 saturated heterocycles. The second-order valence-corrected chi connectivity index (χ2v) is 7.06. The van der Waals surface area contributed by atoms with E-state index in [9.17, 15) is 4.79 Å². The van der Waals surface area contributed by atoms with Gasteiger partial charge in [0.05, 0.1) is 15.3 Å². The first-order valence-corrected chi connectivity index (χ1v) is 8.21. The molecule has 0 spiro atoms. The van der Waals surface area contributed by atoms with Crippen molar-refractivity contribution in [3.8, 4) is 0 Å². The van der Waals surface area contributed by atoms with E-state index in [1.54, 1.807) is 0 Å². The molecule has 1 aromatic heterocycles. The molecule has 1 aromatic rings. The number of thiophene rings is 1. The highest BCUT2D eigenvalue weighted by Crippen LogP contribution is 2.30. The number of ketones is 1. The first kappa shape index (κ1) is 13.6. The summed E-state index contributed by atoms with van der Waals surface area (Å²) in [6.45, 7) is 3.22. The molecule has 0 aromatic carbocycles. The summed E-state index contributed by atoms with van der Waals surface area (Å²) in [7, 11) is 0. The minimum Gasteiger partial charge on any atom is -0.317 e. The smallest absolute Gasteiger partial charge is 0.189 e. The molecule has 19 heavy (non-hydrogen) atoms. The number of hydrogen-bond donors (Lipinski definition) is 1. The summed E-state index contributed by atoms with van der Waals surface area (Å²) in [5.41, 5.74) is 0. The number of piperidine rings is 1. The summed E-state index contributed by atoms with van der Waals surface area (Å²) in [4.78, 5) is 15.9. The van der Waals surface area contributed by atoms with Crippen LogP contribution in [0.3, 0.4) is 0 Å². The van der Waals surface area contributed by atoms with E-state index in [1.807, 2.05) is 12.1 Å². The lowest BCUT2D eigenvalue weighted by Gasteiger charge is -2.35. The molecule has 0 saturated carbocycles. The van der Waals surface area contributed by atoms with Crippen LogP contribution >= 0.6 is 22.9 Å². The van der Waals surface area contributed by atoms with Crippen LogP contribution in [0.4, 0.5) is 0 Å². The van der Waals surface area contributed by atoms with E-state index < -0.39 is 0 Å². The Bertz CT molecular complexity index is 456. The van der Waals surface area contributed by atoms with Crippen molar-refractivity contribution in [1.82, 2.24) is 10.2 Å². The van der Waals surface area contributed by atoms with Crippen molar-refractivity contribution in [2.45, 2.75) is 37.8 Å². The lowest BCUT2D eigenvalue weighted by Crippen LogP contribution is -2.47. The number of nitrogens with zero attached hydrogens (tertiary/aromatic N) is 1. The first-order chi connectivity index (χ1) is 9.25. The molecule has 0 bridgehead atoms. The summed E-state index contributed by atoms with van der Waals surface area (Å²) < 4.78 is 0.703. The molecule has 0 aliphatic carbocycles. The fraction of sp³-hybridized carbons (Fsp3) is 0.643. The number of likely N-dealkylation sites (tertiary alicyclic amines) is 1. The molecular weight excluding hydrogens is 280 g/mol. The molecule has 1 unspecified atom stereocenters. The topological polar surface area (TPSA) is 32.3 Å². The van der Waals surface area contributed by atoms with Gasteiger partial charge in [-0.3, -0.25) is 9.69 Å². The van der Waals surface area contributed by atoms with Crippen LogP contribution in [0.15, 0.2) is 12.1 Å². The van der Waals surface area contributed by atoms with Gasteiger partial charge in [-0.2, -0.15) is 0 Å². The Morgan fingerprint density at radius 3 is 2.79 bits per heavy atom. The maximum absolute atomic E-state index is 12.6. The van der Waals surface area contributed by atoms with Crippen molar-refractivity contribution < 1.29 is 4.79 Å². The summed E-state index contributed by atoms with van der Waals surface area (Å²) in [5.74, 6) is 0.271. The molecule has 3 nitrogen and oxygen atoms in total. The van der Waals surface area contributed by atoms with Gasteiger partial charge in [0.15, 0.2) is 5.78 Å². The standard InChI is InChI=1S/C14H19ClN2OS/c15-13-4-3-12(19-13)14(18)11-2-1-9-17(11)10-5-7-16-8-6-10/h3-4,10-11,16H,1-2,5-9H2. The number of nitrogens with one attached hydrogen (secondary N) is 1. The Hall–Kier alpha value is -0.420. The van der Waals surface area contributed by atoms with Gasteiger partial charge in [0, 0.05) is 6.04 Å². The van der Waals surface area contributed by atoms with Gasteiger partial charge in [0.25, 0.3) is 0 Å². The minimum atomic E-state index is 0.0813.